The van der Waals surface area contributed by atoms with E-state index in [-0.39, 0.29) is 11.9 Å². The molecule has 21 heavy (non-hydrogen) atoms. The van der Waals surface area contributed by atoms with Crippen molar-refractivity contribution in [1.82, 2.24) is 14.7 Å². The van der Waals surface area contributed by atoms with Crippen LogP contribution in [0.15, 0.2) is 0 Å². The van der Waals surface area contributed by atoms with Gasteiger partial charge in [0.25, 0.3) is 0 Å². The van der Waals surface area contributed by atoms with E-state index in [1.165, 1.54) is 25.9 Å². The molecule has 0 spiro atoms. The predicted molar refractivity (Wildman–Crippen MR) is 84.3 cm³/mol. The first kappa shape index (κ1) is 16.7. The maximum absolute atomic E-state index is 12.1. The fraction of sp³-hybridized carbons (Fsp3) is 0.938. The Labute approximate surface area is 129 Å². The molecule has 2 heterocycles. The molecule has 122 valence electrons. The average molecular weight is 297 g/mol. The van der Waals surface area contributed by atoms with E-state index >= 15 is 0 Å². The minimum atomic E-state index is 0.0178. The first-order chi connectivity index (χ1) is 10.1. The summed E-state index contributed by atoms with van der Waals surface area (Å²) in [5.41, 5.74) is 0. The third-order valence-electron chi connectivity index (χ3n) is 4.75. The quantitative estimate of drug-likeness (QED) is 0.538. The lowest BCUT2D eigenvalue weighted by Crippen LogP contribution is -2.43. The summed E-state index contributed by atoms with van der Waals surface area (Å²) >= 11 is 0. The first-order valence-electron chi connectivity index (χ1n) is 8.30. The molecule has 0 bridgehead atoms. The summed E-state index contributed by atoms with van der Waals surface area (Å²) in [6.07, 6.45) is 4.37. The normalized spacial score (nSPS) is 25.6. The van der Waals surface area contributed by atoms with E-state index < -0.39 is 0 Å². The van der Waals surface area contributed by atoms with Crippen LogP contribution >= 0.6 is 0 Å². The van der Waals surface area contributed by atoms with Crippen molar-refractivity contribution in [2.45, 2.75) is 31.7 Å². The van der Waals surface area contributed by atoms with Gasteiger partial charge in [-0.25, -0.2) is 0 Å². The number of esters is 1. The highest BCUT2D eigenvalue weighted by Crippen LogP contribution is 2.24. The molecule has 0 aromatic heterocycles. The van der Waals surface area contributed by atoms with Gasteiger partial charge in [-0.15, -0.1) is 0 Å². The molecule has 0 amide bonds. The molecule has 1 atom stereocenters. The lowest BCUT2D eigenvalue weighted by Gasteiger charge is -2.35. The van der Waals surface area contributed by atoms with Crippen molar-refractivity contribution in [3.63, 3.8) is 0 Å². The van der Waals surface area contributed by atoms with Gasteiger partial charge < -0.3 is 14.5 Å². The maximum Gasteiger partial charge on any atom is 0.310 e. The second-order valence-corrected chi connectivity index (χ2v) is 6.84. The van der Waals surface area contributed by atoms with Crippen LogP contribution in [0.25, 0.3) is 0 Å². The Hall–Kier alpha value is -0.650. The van der Waals surface area contributed by atoms with Gasteiger partial charge in [-0.3, -0.25) is 9.69 Å². The number of nitrogens with zero attached hydrogens (tertiary/aromatic N) is 3. The van der Waals surface area contributed by atoms with Gasteiger partial charge in [0.2, 0.25) is 0 Å². The van der Waals surface area contributed by atoms with E-state index in [0.717, 1.165) is 32.5 Å². The van der Waals surface area contributed by atoms with Gasteiger partial charge in [0.1, 0.15) is 0 Å². The van der Waals surface area contributed by atoms with Gasteiger partial charge in [0, 0.05) is 19.1 Å². The fourth-order valence-corrected chi connectivity index (χ4v) is 3.34. The molecular weight excluding hydrogens is 266 g/mol. The molecule has 0 aliphatic carbocycles. The molecule has 0 aromatic rings. The van der Waals surface area contributed by atoms with E-state index in [1.54, 1.807) is 0 Å². The Kier molecular flexibility index (Phi) is 6.45. The van der Waals surface area contributed by atoms with Crippen LogP contribution in [0.4, 0.5) is 0 Å². The summed E-state index contributed by atoms with van der Waals surface area (Å²) in [5, 5.41) is 0. The number of rotatable bonds is 6. The van der Waals surface area contributed by atoms with Crippen molar-refractivity contribution in [3.8, 4) is 0 Å². The zero-order valence-electron chi connectivity index (χ0n) is 13.9. The molecule has 2 saturated heterocycles. The first-order valence-corrected chi connectivity index (χ1v) is 8.30. The number of carbonyl (C=O) groups excluding carboxylic acids is 1. The predicted octanol–water partition coefficient (Wildman–Crippen LogP) is 0.897. The molecule has 2 fully saturated rings. The van der Waals surface area contributed by atoms with E-state index in [2.05, 4.69) is 21.7 Å². The number of likely N-dealkylation sites (tertiary alicyclic amines) is 2. The minimum absolute atomic E-state index is 0.0178. The minimum Gasteiger partial charge on any atom is -0.465 e. The van der Waals surface area contributed by atoms with Gasteiger partial charge >= 0.3 is 5.97 Å². The van der Waals surface area contributed by atoms with Crippen molar-refractivity contribution in [1.29, 1.82) is 0 Å². The Bertz CT molecular complexity index is 327. The molecule has 2 aliphatic heterocycles. The fourth-order valence-electron chi connectivity index (χ4n) is 3.34. The van der Waals surface area contributed by atoms with E-state index in [1.807, 2.05) is 14.1 Å². The van der Waals surface area contributed by atoms with Crippen molar-refractivity contribution < 1.29 is 9.53 Å². The number of piperidine rings is 1. The number of hydrogen-bond donors (Lipinski definition) is 0. The highest BCUT2D eigenvalue weighted by Gasteiger charge is 2.34. The van der Waals surface area contributed by atoms with Crippen molar-refractivity contribution in [2.24, 2.45) is 5.92 Å². The standard InChI is InChI=1S/C16H31N3O2/c1-17(2)8-4-12-21-16(20)14-5-11-19(13-14)15-6-9-18(3)10-7-15/h14-15H,4-13H2,1-3H3. The topological polar surface area (TPSA) is 36.0 Å². The van der Waals surface area contributed by atoms with Crippen molar-refractivity contribution in [2.75, 3.05) is 60.5 Å². The van der Waals surface area contributed by atoms with E-state index in [9.17, 15) is 4.79 Å². The summed E-state index contributed by atoms with van der Waals surface area (Å²) in [6, 6.07) is 0.674. The van der Waals surface area contributed by atoms with Gasteiger partial charge in [0.05, 0.1) is 12.5 Å². The second kappa shape index (κ2) is 8.11. The second-order valence-electron chi connectivity index (χ2n) is 6.84. The average Bonchev–Trinajstić information content (AvgIpc) is 2.94. The third kappa shape index (κ3) is 5.24. The largest absolute Gasteiger partial charge is 0.465 e. The molecule has 0 radical (unpaired) electrons. The van der Waals surface area contributed by atoms with Crippen LogP contribution in [0.3, 0.4) is 0 Å². The molecule has 0 aromatic carbocycles. The molecule has 0 N–H and O–H groups in total. The van der Waals surface area contributed by atoms with Crippen molar-refractivity contribution in [3.05, 3.63) is 0 Å². The van der Waals surface area contributed by atoms with Gasteiger partial charge in [0.15, 0.2) is 0 Å². The summed E-state index contributed by atoms with van der Waals surface area (Å²) in [6.45, 7) is 5.86. The monoisotopic (exact) mass is 297 g/mol. The SMILES string of the molecule is CN(C)CCCOC(=O)C1CCN(C2CCN(C)CC2)C1. The highest BCUT2D eigenvalue weighted by molar-refractivity contribution is 5.73. The van der Waals surface area contributed by atoms with Crippen molar-refractivity contribution >= 4 is 5.97 Å². The van der Waals surface area contributed by atoms with E-state index in [4.69, 9.17) is 4.74 Å². The zero-order valence-corrected chi connectivity index (χ0v) is 13.9. The third-order valence-corrected chi connectivity index (χ3v) is 4.75. The van der Waals surface area contributed by atoms with Crippen LogP contribution < -0.4 is 0 Å². The van der Waals surface area contributed by atoms with Gasteiger partial charge in [-0.2, -0.15) is 0 Å². The van der Waals surface area contributed by atoms with Crippen LogP contribution in [0.1, 0.15) is 25.7 Å². The van der Waals surface area contributed by atoms with Crippen LogP contribution in [-0.4, -0.2) is 87.2 Å². The van der Waals surface area contributed by atoms with Gasteiger partial charge in [-0.05, 0) is 66.5 Å². The Balaban J connectivity index is 1.66. The smallest absolute Gasteiger partial charge is 0.310 e. The highest BCUT2D eigenvalue weighted by atomic mass is 16.5. The van der Waals surface area contributed by atoms with Crippen LogP contribution in [0.2, 0.25) is 0 Å². The molecule has 5 heteroatoms. The molecule has 1 unspecified atom stereocenters. The summed E-state index contributed by atoms with van der Waals surface area (Å²) in [5.74, 6) is 0.119. The Morgan fingerprint density at radius 3 is 2.57 bits per heavy atom. The Morgan fingerprint density at radius 2 is 1.90 bits per heavy atom. The molecular formula is C16H31N3O2. The number of ether oxygens (including phenoxy) is 1. The summed E-state index contributed by atoms with van der Waals surface area (Å²) < 4.78 is 5.43. The summed E-state index contributed by atoms with van der Waals surface area (Å²) in [4.78, 5) is 19.1. The van der Waals surface area contributed by atoms with Gasteiger partial charge in [-0.1, -0.05) is 0 Å². The summed E-state index contributed by atoms with van der Waals surface area (Å²) in [7, 11) is 6.27. The maximum atomic E-state index is 12.1. The molecule has 2 rings (SSSR count). The van der Waals surface area contributed by atoms with Crippen LogP contribution in [-0.2, 0) is 9.53 Å². The lowest BCUT2D eigenvalue weighted by atomic mass is 10.0. The van der Waals surface area contributed by atoms with E-state index in [0.29, 0.717) is 12.6 Å². The van der Waals surface area contributed by atoms with Crippen LogP contribution in [0, 0.1) is 5.92 Å². The molecule has 0 saturated carbocycles. The Morgan fingerprint density at radius 1 is 1.19 bits per heavy atom. The molecule has 5 nitrogen and oxygen atoms in total. The lowest BCUT2D eigenvalue weighted by molar-refractivity contribution is -0.148. The zero-order chi connectivity index (χ0) is 15.2. The molecule has 2 aliphatic rings. The van der Waals surface area contributed by atoms with Crippen LogP contribution in [0.5, 0.6) is 0 Å². The number of carbonyl (C=O) groups is 1. The number of hydrogen-bond acceptors (Lipinski definition) is 5.